The van der Waals surface area contributed by atoms with Crippen LogP contribution >= 0.6 is 0 Å². The van der Waals surface area contributed by atoms with Gasteiger partial charge in [0.2, 0.25) is 0 Å². The molecular formula is C17H25O3-. The minimum Gasteiger partial charge on any atom is -0.550 e. The van der Waals surface area contributed by atoms with Gasteiger partial charge in [-0.05, 0) is 48.9 Å². The van der Waals surface area contributed by atoms with Crippen molar-refractivity contribution in [3.63, 3.8) is 0 Å². The van der Waals surface area contributed by atoms with E-state index >= 15 is 0 Å². The molecule has 20 heavy (non-hydrogen) atoms. The van der Waals surface area contributed by atoms with Gasteiger partial charge >= 0.3 is 0 Å². The van der Waals surface area contributed by atoms with Crippen LogP contribution in [0, 0.1) is 0 Å². The van der Waals surface area contributed by atoms with Crippen LogP contribution in [-0.4, -0.2) is 12.6 Å². The van der Waals surface area contributed by atoms with Crippen molar-refractivity contribution in [1.29, 1.82) is 0 Å². The lowest BCUT2D eigenvalue weighted by Gasteiger charge is -2.11. The van der Waals surface area contributed by atoms with Crippen molar-refractivity contribution in [2.75, 3.05) is 6.61 Å². The van der Waals surface area contributed by atoms with Gasteiger partial charge in [-0.15, -0.1) is 0 Å². The molecule has 1 aromatic carbocycles. The van der Waals surface area contributed by atoms with Crippen LogP contribution in [0.1, 0.15) is 57.1 Å². The molecule has 3 nitrogen and oxygen atoms in total. The van der Waals surface area contributed by atoms with Gasteiger partial charge in [0, 0.05) is 12.4 Å². The molecule has 0 bridgehead atoms. The fourth-order valence-electron chi connectivity index (χ4n) is 2.11. The molecule has 0 spiro atoms. The molecule has 0 N–H and O–H groups in total. The summed E-state index contributed by atoms with van der Waals surface area (Å²) in [5.74, 6) is -0.288. The molecule has 0 saturated carbocycles. The molecule has 0 unspecified atom stereocenters. The zero-order valence-corrected chi connectivity index (χ0v) is 12.6. The second-order valence-electron chi connectivity index (χ2n) is 5.16. The standard InChI is InChI=1S/C17H26O3/c1-3-5-7-14-11-15(8-6-4-2)13-16(12-14)20-10-9-17(18)19/h11-13H,3-10H2,1-2H3,(H,18,19)/p-1. The average molecular weight is 277 g/mol. The summed E-state index contributed by atoms with van der Waals surface area (Å²) in [6, 6.07) is 6.30. The second-order valence-corrected chi connectivity index (χ2v) is 5.16. The first-order valence-electron chi connectivity index (χ1n) is 7.61. The topological polar surface area (TPSA) is 49.4 Å². The van der Waals surface area contributed by atoms with E-state index in [0.29, 0.717) is 0 Å². The Bertz CT molecular complexity index is 386. The van der Waals surface area contributed by atoms with Crippen LogP contribution in [0.2, 0.25) is 0 Å². The van der Waals surface area contributed by atoms with Gasteiger partial charge in [0.25, 0.3) is 0 Å². The minimum absolute atomic E-state index is 0.0660. The second kappa shape index (κ2) is 9.40. The maximum Gasteiger partial charge on any atom is 0.119 e. The fraction of sp³-hybridized carbons (Fsp3) is 0.588. The maximum atomic E-state index is 10.4. The van der Waals surface area contributed by atoms with Crippen molar-refractivity contribution in [3.05, 3.63) is 29.3 Å². The Hall–Kier alpha value is -1.51. The van der Waals surface area contributed by atoms with Crippen molar-refractivity contribution in [2.45, 2.75) is 58.8 Å². The smallest absolute Gasteiger partial charge is 0.119 e. The molecule has 0 saturated heterocycles. The third-order valence-electron chi connectivity index (χ3n) is 3.24. The quantitative estimate of drug-likeness (QED) is 0.660. The summed E-state index contributed by atoms with van der Waals surface area (Å²) in [6.07, 6.45) is 6.69. The number of carboxylic acids is 1. The van der Waals surface area contributed by atoms with Crippen LogP contribution < -0.4 is 9.84 Å². The van der Waals surface area contributed by atoms with Gasteiger partial charge in [0.15, 0.2) is 0 Å². The molecule has 0 aliphatic heterocycles. The normalized spacial score (nSPS) is 10.5. The van der Waals surface area contributed by atoms with Gasteiger partial charge in [-0.3, -0.25) is 0 Å². The monoisotopic (exact) mass is 277 g/mol. The Balaban J connectivity index is 2.71. The Morgan fingerprint density at radius 1 is 1.05 bits per heavy atom. The summed E-state index contributed by atoms with van der Waals surface area (Å²) in [5, 5.41) is 10.4. The Morgan fingerprint density at radius 3 is 2.05 bits per heavy atom. The SMILES string of the molecule is CCCCc1cc(CCCC)cc(OCCC(=O)[O-])c1. The van der Waals surface area contributed by atoms with E-state index in [1.54, 1.807) is 0 Å². The zero-order valence-electron chi connectivity index (χ0n) is 12.6. The number of carbonyl (C=O) groups is 1. The van der Waals surface area contributed by atoms with E-state index in [1.807, 2.05) is 12.1 Å². The van der Waals surface area contributed by atoms with Crippen LogP contribution in [-0.2, 0) is 17.6 Å². The third-order valence-corrected chi connectivity index (χ3v) is 3.24. The lowest BCUT2D eigenvalue weighted by Crippen LogP contribution is -2.24. The number of aliphatic carboxylic acids is 1. The lowest BCUT2D eigenvalue weighted by molar-refractivity contribution is -0.306. The number of carboxylic acid groups (broad SMARTS) is 1. The number of rotatable bonds is 10. The third kappa shape index (κ3) is 6.60. The number of unbranched alkanes of at least 4 members (excludes halogenated alkanes) is 2. The van der Waals surface area contributed by atoms with Gasteiger partial charge in [0.1, 0.15) is 5.75 Å². The highest BCUT2D eigenvalue weighted by Gasteiger charge is 2.03. The van der Waals surface area contributed by atoms with Gasteiger partial charge in [-0.25, -0.2) is 0 Å². The largest absolute Gasteiger partial charge is 0.550 e. The summed E-state index contributed by atoms with van der Waals surface area (Å²) in [5.41, 5.74) is 2.56. The number of aryl methyl sites for hydroxylation is 2. The highest BCUT2D eigenvalue weighted by molar-refractivity contribution is 5.64. The first-order valence-corrected chi connectivity index (χ1v) is 7.61. The van der Waals surface area contributed by atoms with E-state index in [-0.39, 0.29) is 13.0 Å². The average Bonchev–Trinajstić information content (AvgIpc) is 2.42. The molecule has 0 fully saturated rings. The van der Waals surface area contributed by atoms with Crippen LogP contribution in [0.3, 0.4) is 0 Å². The summed E-state index contributed by atoms with van der Waals surface area (Å²) >= 11 is 0. The van der Waals surface area contributed by atoms with Gasteiger partial charge in [-0.1, -0.05) is 32.8 Å². The highest BCUT2D eigenvalue weighted by atomic mass is 16.5. The first-order chi connectivity index (χ1) is 9.65. The number of carbonyl (C=O) groups excluding carboxylic acids is 1. The van der Waals surface area contributed by atoms with E-state index in [9.17, 15) is 9.90 Å². The van der Waals surface area contributed by atoms with Crippen molar-refractivity contribution in [2.24, 2.45) is 0 Å². The lowest BCUT2D eigenvalue weighted by atomic mass is 10.0. The van der Waals surface area contributed by atoms with Crippen LogP contribution in [0.15, 0.2) is 18.2 Å². The molecule has 1 rings (SSSR count). The number of hydrogen-bond acceptors (Lipinski definition) is 3. The zero-order chi connectivity index (χ0) is 14.8. The van der Waals surface area contributed by atoms with Gasteiger partial charge in [-0.2, -0.15) is 0 Å². The van der Waals surface area contributed by atoms with Crippen molar-refractivity contribution in [3.8, 4) is 5.75 Å². The van der Waals surface area contributed by atoms with E-state index in [4.69, 9.17) is 4.74 Å². The van der Waals surface area contributed by atoms with Crippen molar-refractivity contribution in [1.82, 2.24) is 0 Å². The van der Waals surface area contributed by atoms with Gasteiger partial charge < -0.3 is 14.6 Å². The predicted molar refractivity (Wildman–Crippen MR) is 78.8 cm³/mol. The Kier molecular flexibility index (Phi) is 7.78. The summed E-state index contributed by atoms with van der Waals surface area (Å²) in [4.78, 5) is 10.4. The van der Waals surface area contributed by atoms with Crippen molar-refractivity contribution < 1.29 is 14.6 Å². The summed E-state index contributed by atoms with van der Waals surface area (Å²) in [7, 11) is 0. The van der Waals surface area contributed by atoms with Crippen molar-refractivity contribution >= 4 is 5.97 Å². The van der Waals surface area contributed by atoms with E-state index in [0.717, 1.165) is 31.4 Å². The molecule has 0 aromatic heterocycles. The van der Waals surface area contributed by atoms with Crippen LogP contribution in [0.4, 0.5) is 0 Å². The molecule has 0 radical (unpaired) electrons. The first kappa shape index (κ1) is 16.5. The molecule has 3 heteroatoms. The molecule has 0 amide bonds. The molecule has 0 aliphatic rings. The van der Waals surface area contributed by atoms with E-state index in [1.165, 1.54) is 24.0 Å². The van der Waals surface area contributed by atoms with Crippen LogP contribution in [0.25, 0.3) is 0 Å². The molecule has 0 atom stereocenters. The van der Waals surface area contributed by atoms with Crippen LogP contribution in [0.5, 0.6) is 5.75 Å². The molecule has 0 aliphatic carbocycles. The van der Waals surface area contributed by atoms with E-state index in [2.05, 4.69) is 19.9 Å². The van der Waals surface area contributed by atoms with E-state index < -0.39 is 5.97 Å². The Morgan fingerprint density at radius 2 is 1.60 bits per heavy atom. The molecular weight excluding hydrogens is 252 g/mol. The molecule has 112 valence electrons. The maximum absolute atomic E-state index is 10.4. The number of ether oxygens (including phenoxy) is 1. The molecule has 1 aromatic rings. The minimum atomic E-state index is -1.07. The number of benzene rings is 1. The summed E-state index contributed by atoms with van der Waals surface area (Å²) in [6.45, 7) is 4.53. The Labute approximate surface area is 122 Å². The van der Waals surface area contributed by atoms with Gasteiger partial charge in [0.05, 0.1) is 6.61 Å². The highest BCUT2D eigenvalue weighted by Crippen LogP contribution is 2.20. The fourth-order valence-corrected chi connectivity index (χ4v) is 2.11. The predicted octanol–water partition coefficient (Wildman–Crippen LogP) is 2.89. The number of hydrogen-bond donors (Lipinski definition) is 0. The molecule has 0 heterocycles. The summed E-state index contributed by atoms with van der Waals surface area (Å²) < 4.78 is 5.54.